The zero-order valence-electron chi connectivity index (χ0n) is 18.9. The molecule has 0 radical (unpaired) electrons. The molecule has 0 spiro atoms. The van der Waals surface area contributed by atoms with Crippen LogP contribution in [-0.2, 0) is 14.2 Å². The minimum atomic E-state index is -0.482. The number of hydrogen-bond donors (Lipinski definition) is 1. The van der Waals surface area contributed by atoms with Gasteiger partial charge in [0.15, 0.2) is 6.29 Å². The summed E-state index contributed by atoms with van der Waals surface area (Å²) in [6.45, 7) is 6.35. The Morgan fingerprint density at radius 2 is 1.87 bits per heavy atom. The first kappa shape index (κ1) is 22.8. The molecule has 31 heavy (non-hydrogen) atoms. The highest BCUT2D eigenvalue weighted by molar-refractivity contribution is 6.00. The molecule has 0 bridgehead atoms. The van der Waals surface area contributed by atoms with E-state index < -0.39 is 6.29 Å². The Morgan fingerprint density at radius 1 is 1.19 bits per heavy atom. The molecule has 0 atom stereocenters. The highest BCUT2D eigenvalue weighted by atomic mass is 16.7. The van der Waals surface area contributed by atoms with Gasteiger partial charge in [0.25, 0.3) is 0 Å². The molecule has 7 heteroatoms. The molecule has 0 unspecified atom stereocenters. The van der Waals surface area contributed by atoms with Crippen molar-refractivity contribution in [3.63, 3.8) is 0 Å². The predicted molar refractivity (Wildman–Crippen MR) is 120 cm³/mol. The molecule has 2 heterocycles. The quantitative estimate of drug-likeness (QED) is 0.489. The summed E-state index contributed by atoms with van der Waals surface area (Å²) in [5.41, 5.74) is 4.42. The zero-order chi connectivity index (χ0) is 22.6. The van der Waals surface area contributed by atoms with Crippen molar-refractivity contribution in [1.29, 1.82) is 0 Å². The number of benzene rings is 1. The number of aromatic nitrogens is 1. The Hall–Kier alpha value is -2.90. The number of esters is 1. The van der Waals surface area contributed by atoms with Gasteiger partial charge in [0.2, 0.25) is 0 Å². The van der Waals surface area contributed by atoms with E-state index in [0.717, 1.165) is 34.0 Å². The normalized spacial score (nSPS) is 16.6. The van der Waals surface area contributed by atoms with Gasteiger partial charge in [-0.1, -0.05) is 26.0 Å². The maximum absolute atomic E-state index is 12.6. The third kappa shape index (κ3) is 4.73. The summed E-state index contributed by atoms with van der Waals surface area (Å²) in [4.78, 5) is 20.7. The fraction of sp³-hybridized carbons (Fsp3) is 0.417. The number of aliphatic imine (C=N–C) groups is 1. The molecule has 1 N–H and O–H groups in total. The van der Waals surface area contributed by atoms with Crippen molar-refractivity contribution in [2.24, 2.45) is 10.4 Å². The van der Waals surface area contributed by atoms with Gasteiger partial charge in [-0.05, 0) is 30.7 Å². The first-order valence-corrected chi connectivity index (χ1v) is 10.2. The van der Waals surface area contributed by atoms with Crippen molar-refractivity contribution in [2.75, 3.05) is 27.9 Å². The molecule has 0 saturated heterocycles. The lowest BCUT2D eigenvalue weighted by Crippen LogP contribution is -2.25. The van der Waals surface area contributed by atoms with Crippen molar-refractivity contribution in [1.82, 2.24) is 4.98 Å². The van der Waals surface area contributed by atoms with E-state index in [2.05, 4.69) is 18.8 Å². The van der Waals surface area contributed by atoms with E-state index in [1.807, 2.05) is 30.3 Å². The maximum atomic E-state index is 12.6. The summed E-state index contributed by atoms with van der Waals surface area (Å²) in [6, 6.07) is 7.58. The number of nitrogens with one attached hydrogen (secondary N) is 1. The standard InChI is InChI=1S/C24H30N2O5/c1-7-31-22(27)17-14-25-18(21(17)15-8-10-16(28-4)11-9-15)12-20-24(2,3)13-19(26-20)23(29-5)30-6/h8-12,14,23,25H,7,13H2,1-6H3/b20-12-. The van der Waals surface area contributed by atoms with Crippen LogP contribution in [0, 0.1) is 5.41 Å². The zero-order valence-corrected chi connectivity index (χ0v) is 18.9. The molecule has 0 saturated carbocycles. The maximum Gasteiger partial charge on any atom is 0.340 e. The highest BCUT2D eigenvalue weighted by Crippen LogP contribution is 2.41. The Labute approximate surface area is 183 Å². The monoisotopic (exact) mass is 426 g/mol. The van der Waals surface area contributed by atoms with Gasteiger partial charge in [0, 0.05) is 49.2 Å². The second kappa shape index (κ2) is 9.49. The van der Waals surface area contributed by atoms with Crippen LogP contribution in [0.15, 0.2) is 41.2 Å². The largest absolute Gasteiger partial charge is 0.497 e. The van der Waals surface area contributed by atoms with Crippen LogP contribution in [0.5, 0.6) is 5.75 Å². The van der Waals surface area contributed by atoms with E-state index in [4.69, 9.17) is 23.9 Å². The van der Waals surface area contributed by atoms with Crippen LogP contribution in [0.4, 0.5) is 0 Å². The number of ether oxygens (including phenoxy) is 4. The molecule has 2 aromatic rings. The van der Waals surface area contributed by atoms with Gasteiger partial charge in [0.1, 0.15) is 5.75 Å². The molecule has 0 amide bonds. The average molecular weight is 427 g/mol. The first-order valence-electron chi connectivity index (χ1n) is 10.2. The number of hydrogen-bond acceptors (Lipinski definition) is 6. The molecule has 0 aliphatic carbocycles. The number of allylic oxidation sites excluding steroid dienone is 1. The van der Waals surface area contributed by atoms with E-state index in [1.54, 1.807) is 34.4 Å². The minimum absolute atomic E-state index is 0.211. The third-order valence-corrected chi connectivity index (χ3v) is 5.35. The van der Waals surface area contributed by atoms with E-state index in [0.29, 0.717) is 18.6 Å². The van der Waals surface area contributed by atoms with Crippen molar-refractivity contribution in [2.45, 2.75) is 33.5 Å². The van der Waals surface area contributed by atoms with Gasteiger partial charge in [0.05, 0.1) is 25.0 Å². The molecule has 166 valence electrons. The van der Waals surface area contributed by atoms with Gasteiger partial charge in [-0.2, -0.15) is 0 Å². The van der Waals surface area contributed by atoms with Gasteiger partial charge >= 0.3 is 5.97 Å². The van der Waals surface area contributed by atoms with Gasteiger partial charge < -0.3 is 23.9 Å². The molecule has 7 nitrogen and oxygen atoms in total. The van der Waals surface area contributed by atoms with Gasteiger partial charge in [-0.25, -0.2) is 4.79 Å². The Bertz CT molecular complexity index is 982. The summed E-state index contributed by atoms with van der Waals surface area (Å²) < 4.78 is 21.3. The summed E-state index contributed by atoms with van der Waals surface area (Å²) in [5, 5.41) is 0. The lowest BCUT2D eigenvalue weighted by Gasteiger charge is -2.19. The highest BCUT2D eigenvalue weighted by Gasteiger charge is 2.35. The third-order valence-electron chi connectivity index (χ3n) is 5.35. The van der Waals surface area contributed by atoms with Crippen LogP contribution in [0.2, 0.25) is 0 Å². The molecule has 1 aliphatic rings. The Kier molecular flexibility index (Phi) is 6.97. The number of carbonyl (C=O) groups excluding carboxylic acids is 1. The van der Waals surface area contributed by atoms with E-state index in [9.17, 15) is 4.79 Å². The van der Waals surface area contributed by atoms with Crippen molar-refractivity contribution in [3.05, 3.63) is 47.4 Å². The molecule has 3 rings (SSSR count). The summed E-state index contributed by atoms with van der Waals surface area (Å²) >= 11 is 0. The molecular weight excluding hydrogens is 396 g/mol. The Morgan fingerprint density at radius 3 is 2.45 bits per heavy atom. The fourth-order valence-electron chi connectivity index (χ4n) is 3.75. The Balaban J connectivity index is 2.11. The number of carbonyl (C=O) groups is 1. The average Bonchev–Trinajstić information content (AvgIpc) is 3.30. The number of H-pyrrole nitrogens is 1. The molecule has 1 aromatic heterocycles. The molecule has 1 aromatic carbocycles. The second-order valence-corrected chi connectivity index (χ2v) is 7.94. The van der Waals surface area contributed by atoms with Crippen LogP contribution in [0.3, 0.4) is 0 Å². The summed E-state index contributed by atoms with van der Waals surface area (Å²) in [6.07, 6.45) is 3.90. The van der Waals surface area contributed by atoms with Gasteiger partial charge in [-0.3, -0.25) is 4.99 Å². The smallest absolute Gasteiger partial charge is 0.340 e. The summed E-state index contributed by atoms with van der Waals surface area (Å²) in [5.74, 6) is 0.371. The topological polar surface area (TPSA) is 82.1 Å². The van der Waals surface area contributed by atoms with Crippen molar-refractivity contribution in [3.8, 4) is 16.9 Å². The second-order valence-electron chi connectivity index (χ2n) is 7.94. The number of rotatable bonds is 8. The first-order chi connectivity index (χ1) is 14.8. The van der Waals surface area contributed by atoms with E-state index >= 15 is 0 Å². The molecular formula is C24H30N2O5. The van der Waals surface area contributed by atoms with Gasteiger partial charge in [-0.15, -0.1) is 0 Å². The number of nitrogens with zero attached hydrogens (tertiary/aromatic N) is 1. The SMILES string of the molecule is CCOC(=O)c1c[nH]c(/C=C2\N=C(C(OC)OC)CC2(C)C)c1-c1ccc(OC)cc1. The lowest BCUT2D eigenvalue weighted by atomic mass is 9.86. The molecule has 0 fully saturated rings. The van der Waals surface area contributed by atoms with Crippen molar-refractivity contribution < 1.29 is 23.7 Å². The van der Waals surface area contributed by atoms with Crippen LogP contribution >= 0.6 is 0 Å². The van der Waals surface area contributed by atoms with E-state index in [-0.39, 0.29) is 11.4 Å². The van der Waals surface area contributed by atoms with E-state index in [1.165, 1.54) is 0 Å². The minimum Gasteiger partial charge on any atom is -0.497 e. The van der Waals surface area contributed by atoms with Crippen LogP contribution < -0.4 is 4.74 Å². The molecule has 1 aliphatic heterocycles. The van der Waals surface area contributed by atoms with Crippen LogP contribution in [-0.4, -0.2) is 50.9 Å². The number of methoxy groups -OCH3 is 3. The fourth-order valence-corrected chi connectivity index (χ4v) is 3.75. The predicted octanol–water partition coefficient (Wildman–Crippen LogP) is 4.70. The van der Waals surface area contributed by atoms with Crippen molar-refractivity contribution >= 4 is 17.8 Å². The lowest BCUT2D eigenvalue weighted by molar-refractivity contribution is -0.0532. The van der Waals surface area contributed by atoms with Crippen LogP contribution in [0.1, 0.15) is 43.2 Å². The summed E-state index contributed by atoms with van der Waals surface area (Å²) in [7, 11) is 4.82. The number of aromatic amines is 1. The van der Waals surface area contributed by atoms with Crippen LogP contribution in [0.25, 0.3) is 17.2 Å².